The fraction of sp³-hybridized carbons (Fsp3) is 0.444. The van der Waals surface area contributed by atoms with Crippen LogP contribution in [0.25, 0.3) is 0 Å². The number of nitrogens with zero attached hydrogens (tertiary/aromatic N) is 3. The van der Waals surface area contributed by atoms with E-state index in [4.69, 9.17) is 5.73 Å². The number of amides is 1. The third-order valence-corrected chi connectivity index (χ3v) is 1.81. The zero-order valence-corrected chi connectivity index (χ0v) is 8.40. The molecule has 5 heteroatoms. The van der Waals surface area contributed by atoms with Gasteiger partial charge >= 0.3 is 0 Å². The van der Waals surface area contributed by atoms with Crippen molar-refractivity contribution in [3.05, 3.63) is 23.8 Å². The summed E-state index contributed by atoms with van der Waals surface area (Å²) < 4.78 is 0. The Morgan fingerprint density at radius 3 is 2.71 bits per heavy atom. The van der Waals surface area contributed by atoms with Gasteiger partial charge in [-0.25, -0.2) is 4.98 Å². The molecule has 76 valence electrons. The molecule has 14 heavy (non-hydrogen) atoms. The van der Waals surface area contributed by atoms with E-state index in [1.165, 1.54) is 11.1 Å². The van der Waals surface area contributed by atoms with Crippen LogP contribution in [0, 0.1) is 6.92 Å². The van der Waals surface area contributed by atoms with Gasteiger partial charge in [0, 0.05) is 26.3 Å². The van der Waals surface area contributed by atoms with Gasteiger partial charge in [-0.15, -0.1) is 0 Å². The van der Waals surface area contributed by atoms with Crippen molar-refractivity contribution < 1.29 is 4.79 Å². The molecule has 0 aliphatic rings. The standard InChI is InChI=1S/C9H14N4O/c1-7-5-12-8(6-11-7)9(14)13(2)4-3-10/h5-6H,3-4,10H2,1-2H3. The summed E-state index contributed by atoms with van der Waals surface area (Å²) in [6, 6.07) is 0. The molecule has 5 nitrogen and oxygen atoms in total. The maximum atomic E-state index is 11.6. The van der Waals surface area contributed by atoms with Crippen LogP contribution in [0.2, 0.25) is 0 Å². The molecule has 0 unspecified atom stereocenters. The van der Waals surface area contributed by atoms with Gasteiger partial charge in [-0.3, -0.25) is 9.78 Å². The highest BCUT2D eigenvalue weighted by atomic mass is 16.2. The highest BCUT2D eigenvalue weighted by molar-refractivity contribution is 5.91. The van der Waals surface area contributed by atoms with Gasteiger partial charge in [0.25, 0.3) is 5.91 Å². The van der Waals surface area contributed by atoms with E-state index in [0.717, 1.165) is 5.69 Å². The number of aryl methyl sites for hydroxylation is 1. The molecule has 1 aromatic rings. The summed E-state index contributed by atoms with van der Waals surface area (Å²) in [5.74, 6) is -0.150. The Labute approximate surface area is 83.0 Å². The quantitative estimate of drug-likeness (QED) is 0.724. The summed E-state index contributed by atoms with van der Waals surface area (Å²) in [5, 5.41) is 0. The average molecular weight is 194 g/mol. The Kier molecular flexibility index (Phi) is 3.53. The lowest BCUT2D eigenvalue weighted by Gasteiger charge is -2.14. The normalized spacial score (nSPS) is 9.93. The first-order valence-electron chi connectivity index (χ1n) is 4.39. The summed E-state index contributed by atoms with van der Waals surface area (Å²) >= 11 is 0. The van der Waals surface area contributed by atoms with E-state index in [0.29, 0.717) is 18.8 Å². The summed E-state index contributed by atoms with van der Waals surface area (Å²) in [6.45, 7) is 2.79. The second kappa shape index (κ2) is 4.66. The first kappa shape index (κ1) is 10.6. The van der Waals surface area contributed by atoms with Crippen molar-refractivity contribution >= 4 is 5.91 Å². The first-order valence-corrected chi connectivity index (χ1v) is 4.39. The van der Waals surface area contributed by atoms with E-state index in [1.54, 1.807) is 13.2 Å². The molecule has 2 N–H and O–H groups in total. The Bertz CT molecular complexity index is 309. The van der Waals surface area contributed by atoms with E-state index in [9.17, 15) is 4.79 Å². The second-order valence-electron chi connectivity index (χ2n) is 3.06. The van der Waals surface area contributed by atoms with Crippen molar-refractivity contribution in [1.29, 1.82) is 0 Å². The lowest BCUT2D eigenvalue weighted by atomic mass is 10.3. The van der Waals surface area contributed by atoms with Gasteiger partial charge in [0.05, 0.1) is 11.9 Å². The molecule has 0 aliphatic carbocycles. The Balaban J connectivity index is 2.74. The van der Waals surface area contributed by atoms with Crippen molar-refractivity contribution in [1.82, 2.24) is 14.9 Å². The SMILES string of the molecule is Cc1cnc(C(=O)N(C)CCN)cn1. The van der Waals surface area contributed by atoms with Crippen molar-refractivity contribution in [2.75, 3.05) is 20.1 Å². The van der Waals surface area contributed by atoms with Crippen molar-refractivity contribution in [3.8, 4) is 0 Å². The van der Waals surface area contributed by atoms with Crippen molar-refractivity contribution in [2.45, 2.75) is 6.92 Å². The molecule has 1 heterocycles. The smallest absolute Gasteiger partial charge is 0.273 e. The molecule has 0 saturated carbocycles. The van der Waals surface area contributed by atoms with Crippen LogP contribution in [-0.2, 0) is 0 Å². The van der Waals surface area contributed by atoms with E-state index < -0.39 is 0 Å². The third-order valence-electron chi connectivity index (χ3n) is 1.81. The zero-order chi connectivity index (χ0) is 10.6. The van der Waals surface area contributed by atoms with E-state index in [1.807, 2.05) is 6.92 Å². The van der Waals surface area contributed by atoms with Crippen molar-refractivity contribution in [2.24, 2.45) is 5.73 Å². The molecule has 1 amide bonds. The van der Waals surface area contributed by atoms with Crippen molar-refractivity contribution in [3.63, 3.8) is 0 Å². The maximum absolute atomic E-state index is 11.6. The van der Waals surface area contributed by atoms with E-state index >= 15 is 0 Å². The molecule has 0 radical (unpaired) electrons. The van der Waals surface area contributed by atoms with Gasteiger partial charge < -0.3 is 10.6 Å². The molecule has 1 aromatic heterocycles. The number of hydrogen-bond donors (Lipinski definition) is 1. The Morgan fingerprint density at radius 1 is 1.50 bits per heavy atom. The molecule has 1 rings (SSSR count). The highest BCUT2D eigenvalue weighted by Gasteiger charge is 2.11. The van der Waals surface area contributed by atoms with Gasteiger partial charge in [-0.2, -0.15) is 0 Å². The molecule has 0 fully saturated rings. The largest absolute Gasteiger partial charge is 0.339 e. The molecule has 0 saturated heterocycles. The van der Waals surface area contributed by atoms with Crippen LogP contribution in [0.4, 0.5) is 0 Å². The van der Waals surface area contributed by atoms with Gasteiger partial charge in [0.1, 0.15) is 5.69 Å². The Morgan fingerprint density at radius 2 is 2.21 bits per heavy atom. The fourth-order valence-corrected chi connectivity index (χ4v) is 0.994. The number of rotatable bonds is 3. The number of likely N-dealkylation sites (N-methyl/N-ethyl adjacent to an activating group) is 1. The number of aromatic nitrogens is 2. The first-order chi connectivity index (χ1) is 6.65. The maximum Gasteiger partial charge on any atom is 0.273 e. The second-order valence-corrected chi connectivity index (χ2v) is 3.06. The minimum absolute atomic E-state index is 0.150. The molecule has 0 aromatic carbocycles. The average Bonchev–Trinajstić information content (AvgIpc) is 2.18. The minimum atomic E-state index is -0.150. The number of nitrogens with two attached hydrogens (primary N) is 1. The van der Waals surface area contributed by atoms with Crippen LogP contribution in [-0.4, -0.2) is 40.9 Å². The highest BCUT2D eigenvalue weighted by Crippen LogP contribution is 1.98. The third kappa shape index (κ3) is 2.50. The number of hydrogen-bond acceptors (Lipinski definition) is 4. The van der Waals surface area contributed by atoms with Gasteiger partial charge in [-0.05, 0) is 6.92 Å². The fourth-order valence-electron chi connectivity index (χ4n) is 0.994. The molecular weight excluding hydrogens is 180 g/mol. The number of carbonyl (C=O) groups is 1. The lowest BCUT2D eigenvalue weighted by Crippen LogP contribution is -2.32. The Hall–Kier alpha value is -1.49. The van der Waals surface area contributed by atoms with Gasteiger partial charge in [-0.1, -0.05) is 0 Å². The van der Waals surface area contributed by atoms with Crippen LogP contribution in [0.5, 0.6) is 0 Å². The zero-order valence-electron chi connectivity index (χ0n) is 8.40. The van der Waals surface area contributed by atoms with E-state index in [-0.39, 0.29) is 5.91 Å². The molecule has 0 bridgehead atoms. The van der Waals surface area contributed by atoms with Crippen LogP contribution in [0.1, 0.15) is 16.2 Å². The summed E-state index contributed by atoms with van der Waals surface area (Å²) in [7, 11) is 1.69. The van der Waals surface area contributed by atoms with Crippen LogP contribution in [0.15, 0.2) is 12.4 Å². The monoisotopic (exact) mass is 194 g/mol. The predicted molar refractivity (Wildman–Crippen MR) is 52.8 cm³/mol. The topological polar surface area (TPSA) is 72.1 Å². The minimum Gasteiger partial charge on any atom is -0.339 e. The summed E-state index contributed by atoms with van der Waals surface area (Å²) in [6.07, 6.45) is 3.05. The number of carbonyl (C=O) groups excluding carboxylic acids is 1. The predicted octanol–water partition coefficient (Wildman–Crippen LogP) is -0.184. The summed E-state index contributed by atoms with van der Waals surface area (Å²) in [5.41, 5.74) is 6.49. The summed E-state index contributed by atoms with van der Waals surface area (Å²) in [4.78, 5) is 21.1. The van der Waals surface area contributed by atoms with Gasteiger partial charge in [0.2, 0.25) is 0 Å². The molecular formula is C9H14N4O. The van der Waals surface area contributed by atoms with Gasteiger partial charge in [0.15, 0.2) is 0 Å². The van der Waals surface area contributed by atoms with Crippen LogP contribution >= 0.6 is 0 Å². The molecule has 0 aliphatic heterocycles. The molecule has 0 atom stereocenters. The van der Waals surface area contributed by atoms with E-state index in [2.05, 4.69) is 9.97 Å². The van der Waals surface area contributed by atoms with Crippen LogP contribution in [0.3, 0.4) is 0 Å². The molecule has 0 spiro atoms. The lowest BCUT2D eigenvalue weighted by molar-refractivity contribution is 0.0793. The van der Waals surface area contributed by atoms with Crippen LogP contribution < -0.4 is 5.73 Å².